The minimum atomic E-state index is -0.297. The average Bonchev–Trinajstić information content (AvgIpc) is 2.74. The van der Waals surface area contributed by atoms with Gasteiger partial charge in [0.1, 0.15) is 5.66 Å². The molecule has 0 saturated carbocycles. The Bertz CT molecular complexity index is 871. The zero-order valence-corrected chi connectivity index (χ0v) is 17.6. The third-order valence-corrected chi connectivity index (χ3v) is 6.28. The van der Waals surface area contributed by atoms with E-state index in [1.165, 1.54) is 0 Å². The number of nitrogens with zero attached hydrogens (tertiary/aromatic N) is 2. The van der Waals surface area contributed by atoms with Crippen molar-refractivity contribution in [3.8, 4) is 11.5 Å². The quantitative estimate of drug-likeness (QED) is 0.820. The second kappa shape index (κ2) is 8.17. The van der Waals surface area contributed by atoms with Crippen molar-refractivity contribution in [3.05, 3.63) is 59.7 Å². The van der Waals surface area contributed by atoms with Crippen LogP contribution in [-0.2, 0) is 0 Å². The van der Waals surface area contributed by atoms with Crippen LogP contribution in [0.4, 0.5) is 0 Å². The summed E-state index contributed by atoms with van der Waals surface area (Å²) >= 11 is 0. The van der Waals surface area contributed by atoms with Crippen LogP contribution < -0.4 is 10.1 Å². The van der Waals surface area contributed by atoms with Crippen molar-refractivity contribution in [2.24, 2.45) is 4.99 Å². The monoisotopic (exact) mass is 393 g/mol. The summed E-state index contributed by atoms with van der Waals surface area (Å²) in [5.41, 5.74) is 2.84. The summed E-state index contributed by atoms with van der Waals surface area (Å²) < 4.78 is 5.35. The van der Waals surface area contributed by atoms with Gasteiger partial charge in [-0.15, -0.1) is 0 Å². The van der Waals surface area contributed by atoms with Gasteiger partial charge in [-0.25, -0.2) is 0 Å². The van der Waals surface area contributed by atoms with E-state index in [0.29, 0.717) is 11.8 Å². The van der Waals surface area contributed by atoms with Gasteiger partial charge in [0.25, 0.3) is 0 Å². The number of rotatable bonds is 4. The Labute approximate surface area is 173 Å². The number of aliphatic imine (C=N–C) groups is 1. The first kappa shape index (κ1) is 19.9. The van der Waals surface area contributed by atoms with Gasteiger partial charge in [0, 0.05) is 42.9 Å². The second-order valence-corrected chi connectivity index (χ2v) is 8.38. The summed E-state index contributed by atoms with van der Waals surface area (Å²) in [6, 6.07) is 16.7. The van der Waals surface area contributed by atoms with Gasteiger partial charge < -0.3 is 14.7 Å². The molecule has 2 heterocycles. The zero-order chi connectivity index (χ0) is 20.4. The largest absolute Gasteiger partial charge is 0.504 e. The molecule has 2 aliphatic heterocycles. The zero-order valence-electron chi connectivity index (χ0n) is 17.6. The molecule has 2 aromatic carbocycles. The molecule has 5 nitrogen and oxygen atoms in total. The van der Waals surface area contributed by atoms with Crippen molar-refractivity contribution in [3.63, 3.8) is 0 Å². The van der Waals surface area contributed by atoms with Crippen LogP contribution in [0.5, 0.6) is 11.5 Å². The van der Waals surface area contributed by atoms with Crippen LogP contribution >= 0.6 is 0 Å². The number of ether oxygens (including phenoxy) is 1. The topological polar surface area (TPSA) is 57.1 Å². The third-order valence-electron chi connectivity index (χ3n) is 6.28. The standard InChI is InChI=1S/C24H31N3O2/c1-17(2)27-14-12-24(13-15-27)25-20(18-8-5-4-6-9-18)16-21(26-24)19-10-7-11-22(29-3)23(19)28/h4-11,17,21,26,28H,12-16H2,1-3H3/t21-/m0/s1. The number of nitrogens with one attached hydrogen (secondary N) is 1. The van der Waals surface area contributed by atoms with E-state index in [9.17, 15) is 5.11 Å². The highest BCUT2D eigenvalue weighted by Crippen LogP contribution is 2.40. The van der Waals surface area contributed by atoms with E-state index in [4.69, 9.17) is 9.73 Å². The van der Waals surface area contributed by atoms with Gasteiger partial charge in [-0.3, -0.25) is 10.3 Å². The maximum atomic E-state index is 10.8. The highest BCUT2D eigenvalue weighted by molar-refractivity contribution is 6.01. The van der Waals surface area contributed by atoms with E-state index in [-0.39, 0.29) is 17.5 Å². The van der Waals surface area contributed by atoms with Crippen molar-refractivity contribution in [2.45, 2.75) is 50.9 Å². The number of phenolic OH excluding ortho intramolecular Hbond substituents is 1. The molecule has 1 spiro atoms. The van der Waals surface area contributed by atoms with Crippen molar-refractivity contribution in [2.75, 3.05) is 20.2 Å². The Morgan fingerprint density at radius 2 is 1.83 bits per heavy atom. The van der Waals surface area contributed by atoms with Crippen molar-refractivity contribution in [1.82, 2.24) is 10.2 Å². The number of piperidine rings is 1. The van der Waals surface area contributed by atoms with Crippen LogP contribution in [0, 0.1) is 0 Å². The van der Waals surface area contributed by atoms with Crippen LogP contribution in [0.15, 0.2) is 53.5 Å². The number of likely N-dealkylation sites (tertiary alicyclic amines) is 1. The fourth-order valence-corrected chi connectivity index (χ4v) is 4.56. The Morgan fingerprint density at radius 3 is 2.48 bits per heavy atom. The highest BCUT2D eigenvalue weighted by Gasteiger charge is 2.41. The fraction of sp³-hybridized carbons (Fsp3) is 0.458. The van der Waals surface area contributed by atoms with E-state index in [0.717, 1.165) is 49.2 Å². The predicted molar refractivity (Wildman–Crippen MR) is 117 cm³/mol. The number of aromatic hydroxyl groups is 1. The summed E-state index contributed by atoms with van der Waals surface area (Å²) in [6.07, 6.45) is 2.66. The van der Waals surface area contributed by atoms with Gasteiger partial charge in [0.2, 0.25) is 0 Å². The second-order valence-electron chi connectivity index (χ2n) is 8.38. The fourth-order valence-electron chi connectivity index (χ4n) is 4.56. The Balaban J connectivity index is 1.70. The molecule has 0 aromatic heterocycles. The van der Waals surface area contributed by atoms with E-state index < -0.39 is 0 Å². The van der Waals surface area contributed by atoms with Crippen molar-refractivity contribution >= 4 is 5.71 Å². The highest BCUT2D eigenvalue weighted by atomic mass is 16.5. The van der Waals surface area contributed by atoms with Gasteiger partial charge in [0.15, 0.2) is 11.5 Å². The SMILES string of the molecule is COc1cccc([C@@H]2CC(c3ccccc3)=NC3(CCN(C(C)C)CC3)N2)c1O. The normalized spacial score (nSPS) is 21.9. The van der Waals surface area contributed by atoms with Crippen molar-refractivity contribution in [1.29, 1.82) is 0 Å². The number of benzene rings is 2. The number of para-hydroxylation sites is 1. The van der Waals surface area contributed by atoms with E-state index in [1.807, 2.05) is 18.2 Å². The Kier molecular flexibility index (Phi) is 5.61. The molecular weight excluding hydrogens is 362 g/mol. The summed E-state index contributed by atoms with van der Waals surface area (Å²) in [6.45, 7) is 6.55. The molecule has 1 saturated heterocycles. The van der Waals surface area contributed by atoms with E-state index in [2.05, 4.69) is 48.3 Å². The average molecular weight is 394 g/mol. The molecule has 5 heteroatoms. The molecule has 0 aliphatic carbocycles. The van der Waals surface area contributed by atoms with Crippen LogP contribution in [0.3, 0.4) is 0 Å². The molecule has 2 aromatic rings. The van der Waals surface area contributed by atoms with Gasteiger partial charge in [-0.1, -0.05) is 42.5 Å². The van der Waals surface area contributed by atoms with Gasteiger partial charge in [0.05, 0.1) is 7.11 Å². The number of phenols is 1. The molecule has 2 N–H and O–H groups in total. The first-order chi connectivity index (χ1) is 14.0. The van der Waals surface area contributed by atoms with Crippen LogP contribution in [0.1, 0.15) is 50.3 Å². The maximum Gasteiger partial charge on any atom is 0.162 e. The minimum Gasteiger partial charge on any atom is -0.504 e. The molecule has 2 aliphatic rings. The summed E-state index contributed by atoms with van der Waals surface area (Å²) in [5.74, 6) is 0.730. The molecule has 0 bridgehead atoms. The van der Waals surface area contributed by atoms with Crippen LogP contribution in [0.2, 0.25) is 0 Å². The van der Waals surface area contributed by atoms with Gasteiger partial charge in [-0.2, -0.15) is 0 Å². The molecular formula is C24H31N3O2. The predicted octanol–water partition coefficient (Wildman–Crippen LogP) is 4.13. The first-order valence-electron chi connectivity index (χ1n) is 10.5. The maximum absolute atomic E-state index is 10.8. The summed E-state index contributed by atoms with van der Waals surface area (Å²) in [7, 11) is 1.59. The Morgan fingerprint density at radius 1 is 1.10 bits per heavy atom. The van der Waals surface area contributed by atoms with Crippen LogP contribution in [0.25, 0.3) is 0 Å². The molecule has 0 radical (unpaired) electrons. The lowest BCUT2D eigenvalue weighted by molar-refractivity contribution is 0.103. The molecule has 1 fully saturated rings. The number of methoxy groups -OCH3 is 1. The lowest BCUT2D eigenvalue weighted by atomic mass is 9.87. The lowest BCUT2D eigenvalue weighted by Crippen LogP contribution is -2.56. The molecule has 0 unspecified atom stereocenters. The smallest absolute Gasteiger partial charge is 0.162 e. The van der Waals surface area contributed by atoms with E-state index in [1.54, 1.807) is 13.2 Å². The van der Waals surface area contributed by atoms with Gasteiger partial charge >= 0.3 is 0 Å². The van der Waals surface area contributed by atoms with Gasteiger partial charge in [-0.05, 0) is 38.3 Å². The first-order valence-corrected chi connectivity index (χ1v) is 10.5. The summed E-state index contributed by atoms with van der Waals surface area (Å²) in [5, 5.41) is 14.6. The molecule has 29 heavy (non-hydrogen) atoms. The molecule has 4 rings (SSSR count). The summed E-state index contributed by atoms with van der Waals surface area (Å²) in [4.78, 5) is 7.76. The van der Waals surface area contributed by atoms with E-state index >= 15 is 0 Å². The Hall–Kier alpha value is -2.37. The minimum absolute atomic E-state index is 0.0107. The van der Waals surface area contributed by atoms with Crippen LogP contribution in [-0.4, -0.2) is 47.6 Å². The molecule has 0 amide bonds. The molecule has 154 valence electrons. The number of hydrogen-bond donors (Lipinski definition) is 2. The number of hydrogen-bond acceptors (Lipinski definition) is 5. The van der Waals surface area contributed by atoms with Crippen molar-refractivity contribution < 1.29 is 9.84 Å². The lowest BCUT2D eigenvalue weighted by Gasteiger charge is -2.46. The molecule has 1 atom stereocenters. The third kappa shape index (κ3) is 4.02.